The first-order valence-corrected chi connectivity index (χ1v) is 15.7. The standard InChI is InChI=1S/C39H25N3OS/c1-22-28-21-29-26-11-4-8-17-35(26)44-39(29)36-30-20-23(24-12-9-13-27-25-10-3-7-16-34(25)43-38(24)27)18-19-32(30)42(37(28)36)41(2)33-15-6-5-14-31(33)40-22/h3-21,33H,1H2,2H3. The van der Waals surface area contributed by atoms with E-state index in [0.29, 0.717) is 0 Å². The van der Waals surface area contributed by atoms with E-state index in [4.69, 9.17) is 9.41 Å². The number of hydrogen-bond donors (Lipinski definition) is 0. The molecule has 4 heterocycles. The summed E-state index contributed by atoms with van der Waals surface area (Å²) in [5.41, 5.74) is 9.21. The number of aliphatic imine (C=N–C) groups is 1. The molecule has 0 amide bonds. The summed E-state index contributed by atoms with van der Waals surface area (Å²) in [6, 6.07) is 32.6. The van der Waals surface area contributed by atoms with Crippen LogP contribution in [-0.4, -0.2) is 23.5 Å². The molecule has 0 bridgehead atoms. The number of fused-ring (bicyclic) bond motifs is 11. The first kappa shape index (κ1) is 24.1. The summed E-state index contributed by atoms with van der Waals surface area (Å²) in [5, 5.41) is 9.57. The Morgan fingerprint density at radius 2 is 1.64 bits per heavy atom. The highest BCUT2D eigenvalue weighted by Gasteiger charge is 2.29. The second kappa shape index (κ2) is 8.59. The van der Waals surface area contributed by atoms with Gasteiger partial charge in [0.15, 0.2) is 0 Å². The lowest BCUT2D eigenvalue weighted by Gasteiger charge is -2.33. The predicted octanol–water partition coefficient (Wildman–Crippen LogP) is 10.2. The summed E-state index contributed by atoms with van der Waals surface area (Å²) in [6.07, 6.45) is 8.48. The van der Waals surface area contributed by atoms with Crippen molar-refractivity contribution in [2.24, 2.45) is 4.99 Å². The maximum absolute atomic E-state index is 6.47. The number of thiophene rings is 1. The van der Waals surface area contributed by atoms with Crippen LogP contribution in [-0.2, 0) is 0 Å². The van der Waals surface area contributed by atoms with Gasteiger partial charge >= 0.3 is 0 Å². The fourth-order valence-electron chi connectivity index (χ4n) is 7.33. The summed E-state index contributed by atoms with van der Waals surface area (Å²) in [6.45, 7) is 4.53. The molecule has 1 atom stereocenters. The molecule has 5 aromatic carbocycles. The van der Waals surface area contributed by atoms with Gasteiger partial charge in [-0.15, -0.1) is 11.3 Å². The number of furan rings is 1. The van der Waals surface area contributed by atoms with Gasteiger partial charge in [-0.2, -0.15) is 0 Å². The van der Waals surface area contributed by atoms with Gasteiger partial charge in [0.25, 0.3) is 0 Å². The zero-order valence-electron chi connectivity index (χ0n) is 23.9. The molecule has 1 aliphatic carbocycles. The molecule has 0 fully saturated rings. The molecule has 1 aliphatic heterocycles. The van der Waals surface area contributed by atoms with Crippen molar-refractivity contribution < 1.29 is 4.42 Å². The van der Waals surface area contributed by atoms with E-state index >= 15 is 0 Å². The lowest BCUT2D eigenvalue weighted by Crippen LogP contribution is -2.45. The van der Waals surface area contributed by atoms with E-state index < -0.39 is 0 Å². The Morgan fingerprint density at radius 1 is 0.795 bits per heavy atom. The maximum Gasteiger partial charge on any atom is 0.143 e. The van der Waals surface area contributed by atoms with Gasteiger partial charge in [0.2, 0.25) is 0 Å². The number of allylic oxidation sites excluding steroid dienone is 2. The number of hydrogen-bond acceptors (Lipinski definition) is 4. The quantitative estimate of drug-likeness (QED) is 0.193. The topological polar surface area (TPSA) is 33.7 Å². The van der Waals surface area contributed by atoms with Crippen LogP contribution >= 0.6 is 11.3 Å². The highest BCUT2D eigenvalue weighted by molar-refractivity contribution is 7.26. The second-order valence-corrected chi connectivity index (χ2v) is 12.7. The largest absolute Gasteiger partial charge is 0.455 e. The SMILES string of the molecule is C=C1N=C2C=CC=CC2N(C)n2c3ccc(-c4cccc5c4oc4ccccc45)cc3c3c4sc5ccccc5c4cc1c32. The third-order valence-electron chi connectivity index (χ3n) is 9.33. The number of aromatic nitrogens is 1. The molecule has 5 heteroatoms. The molecule has 3 aromatic heterocycles. The molecule has 0 saturated heterocycles. The summed E-state index contributed by atoms with van der Waals surface area (Å²) in [7, 11) is 2.17. The summed E-state index contributed by atoms with van der Waals surface area (Å²) in [5.74, 6) is 0. The lowest BCUT2D eigenvalue weighted by atomic mass is 9.98. The van der Waals surface area contributed by atoms with Crippen LogP contribution in [0.25, 0.3) is 80.7 Å². The molecule has 0 saturated carbocycles. The molecule has 0 N–H and O–H groups in total. The van der Waals surface area contributed by atoms with E-state index in [2.05, 4.69) is 126 Å². The molecule has 8 aromatic rings. The third kappa shape index (κ3) is 3.09. The molecule has 44 heavy (non-hydrogen) atoms. The Morgan fingerprint density at radius 3 is 2.57 bits per heavy atom. The summed E-state index contributed by atoms with van der Waals surface area (Å²) < 4.78 is 11.4. The number of nitrogens with zero attached hydrogens (tertiary/aromatic N) is 3. The highest BCUT2D eigenvalue weighted by Crippen LogP contribution is 2.47. The smallest absolute Gasteiger partial charge is 0.143 e. The van der Waals surface area contributed by atoms with Crippen molar-refractivity contribution in [3.63, 3.8) is 0 Å². The van der Waals surface area contributed by atoms with E-state index in [1.54, 1.807) is 0 Å². The minimum absolute atomic E-state index is 0.00854. The molecule has 208 valence electrons. The fourth-order valence-corrected chi connectivity index (χ4v) is 8.57. The predicted molar refractivity (Wildman–Crippen MR) is 188 cm³/mol. The van der Waals surface area contributed by atoms with Crippen LogP contribution in [0.4, 0.5) is 0 Å². The molecule has 10 rings (SSSR count). The first-order valence-electron chi connectivity index (χ1n) is 14.8. The maximum atomic E-state index is 6.47. The van der Waals surface area contributed by atoms with Crippen molar-refractivity contribution in [1.82, 2.24) is 4.68 Å². The van der Waals surface area contributed by atoms with Crippen LogP contribution < -0.4 is 5.01 Å². The number of rotatable bonds is 1. The number of likely N-dealkylation sites (N-methyl/N-ethyl adjacent to an activating group) is 1. The van der Waals surface area contributed by atoms with Crippen LogP contribution in [0.1, 0.15) is 5.56 Å². The molecule has 0 radical (unpaired) electrons. The number of benzene rings is 5. The van der Waals surface area contributed by atoms with Crippen LogP contribution in [0.2, 0.25) is 0 Å². The Balaban J connectivity index is 1.36. The number of para-hydroxylation sites is 2. The minimum Gasteiger partial charge on any atom is -0.455 e. The molecule has 1 unspecified atom stereocenters. The molecular weight excluding hydrogens is 559 g/mol. The van der Waals surface area contributed by atoms with Gasteiger partial charge in [0.1, 0.15) is 17.2 Å². The molecule has 2 aliphatic rings. The summed E-state index contributed by atoms with van der Waals surface area (Å²) >= 11 is 1.87. The van der Waals surface area contributed by atoms with Gasteiger partial charge in [-0.05, 0) is 42.0 Å². The molecule has 4 nitrogen and oxygen atoms in total. The van der Waals surface area contributed by atoms with Crippen LogP contribution in [0, 0.1) is 0 Å². The van der Waals surface area contributed by atoms with Crippen molar-refractivity contribution in [2.75, 3.05) is 12.1 Å². The fraction of sp³-hybridized carbons (Fsp3) is 0.0513. The Hall–Kier alpha value is -5.39. The third-order valence-corrected chi connectivity index (χ3v) is 10.5. The van der Waals surface area contributed by atoms with E-state index in [9.17, 15) is 0 Å². The lowest BCUT2D eigenvalue weighted by molar-refractivity contribution is 0.670. The summed E-state index contributed by atoms with van der Waals surface area (Å²) in [4.78, 5) is 5.11. The average molecular weight is 584 g/mol. The van der Waals surface area contributed by atoms with Crippen molar-refractivity contribution in [3.8, 4) is 11.1 Å². The van der Waals surface area contributed by atoms with Gasteiger partial charge < -0.3 is 9.43 Å². The van der Waals surface area contributed by atoms with E-state index in [1.807, 2.05) is 23.5 Å². The monoisotopic (exact) mass is 583 g/mol. The van der Waals surface area contributed by atoms with Crippen molar-refractivity contribution in [3.05, 3.63) is 127 Å². The van der Waals surface area contributed by atoms with Crippen LogP contribution in [0.3, 0.4) is 0 Å². The normalized spacial score (nSPS) is 16.5. The van der Waals surface area contributed by atoms with E-state index in [0.717, 1.165) is 61.1 Å². The van der Waals surface area contributed by atoms with E-state index in [-0.39, 0.29) is 6.04 Å². The van der Waals surface area contributed by atoms with Gasteiger partial charge in [0, 0.05) is 59.9 Å². The first-order chi connectivity index (χ1) is 21.7. The van der Waals surface area contributed by atoms with Gasteiger partial charge in [0.05, 0.1) is 22.4 Å². The van der Waals surface area contributed by atoms with Gasteiger partial charge in [-0.1, -0.05) is 85.5 Å². The Kier molecular flexibility index (Phi) is 4.70. The van der Waals surface area contributed by atoms with Crippen LogP contribution in [0.5, 0.6) is 0 Å². The molecule has 0 spiro atoms. The zero-order valence-corrected chi connectivity index (χ0v) is 24.7. The zero-order chi connectivity index (χ0) is 29.1. The molecular formula is C39H25N3OS. The Labute approximate surface area is 256 Å². The second-order valence-electron chi connectivity index (χ2n) is 11.7. The minimum atomic E-state index is -0.00854. The van der Waals surface area contributed by atoms with Crippen molar-refractivity contribution >= 4 is 86.7 Å². The van der Waals surface area contributed by atoms with Crippen molar-refractivity contribution in [2.45, 2.75) is 6.04 Å². The highest BCUT2D eigenvalue weighted by atomic mass is 32.1. The van der Waals surface area contributed by atoms with Crippen LogP contribution in [0.15, 0.2) is 131 Å². The van der Waals surface area contributed by atoms with Gasteiger partial charge in [-0.3, -0.25) is 9.67 Å². The van der Waals surface area contributed by atoms with Gasteiger partial charge in [-0.25, -0.2) is 0 Å². The van der Waals surface area contributed by atoms with Crippen molar-refractivity contribution in [1.29, 1.82) is 0 Å². The Bertz CT molecular complexity index is 2660. The van der Waals surface area contributed by atoms with E-state index in [1.165, 1.54) is 30.9 Å². The average Bonchev–Trinajstić information content (AvgIpc) is 3.73.